The van der Waals surface area contributed by atoms with E-state index in [9.17, 15) is 14.7 Å². The Morgan fingerprint density at radius 1 is 1.09 bits per heavy atom. The number of anilines is 1. The minimum absolute atomic E-state index is 0.0102. The molecule has 22 heavy (non-hydrogen) atoms. The summed E-state index contributed by atoms with van der Waals surface area (Å²) in [6.45, 7) is 0. The Balaban J connectivity index is 1.60. The average molecular weight is 318 g/mol. The Kier molecular flexibility index (Phi) is 2.89. The number of aliphatic carboxylic acids is 1. The van der Waals surface area contributed by atoms with Gasteiger partial charge in [0.05, 0.1) is 11.8 Å². The van der Waals surface area contributed by atoms with Gasteiger partial charge in [-0.1, -0.05) is 23.8 Å². The molecular formula is C17H16ClNO3. The molecule has 1 aromatic rings. The molecule has 1 aromatic carbocycles. The molecule has 3 aliphatic rings. The number of halogens is 1. The average Bonchev–Trinajstić information content (AvgIpc) is 3.15. The van der Waals surface area contributed by atoms with Crippen molar-refractivity contribution < 1.29 is 14.7 Å². The highest BCUT2D eigenvalue weighted by Gasteiger charge is 2.70. The molecule has 1 spiro atoms. The van der Waals surface area contributed by atoms with E-state index in [4.69, 9.17) is 11.6 Å². The van der Waals surface area contributed by atoms with Crippen LogP contribution < -0.4 is 5.32 Å². The Morgan fingerprint density at radius 2 is 1.68 bits per heavy atom. The van der Waals surface area contributed by atoms with E-state index in [2.05, 4.69) is 11.4 Å². The fraction of sp³-hybridized carbons (Fsp3) is 0.412. The summed E-state index contributed by atoms with van der Waals surface area (Å²) in [5, 5.41) is 13.0. The van der Waals surface area contributed by atoms with Gasteiger partial charge in [0.2, 0.25) is 5.91 Å². The molecule has 5 heteroatoms. The first-order valence-electron chi connectivity index (χ1n) is 7.50. The normalized spacial score (nSPS) is 33.1. The molecule has 0 aliphatic heterocycles. The van der Waals surface area contributed by atoms with E-state index in [1.165, 1.54) is 0 Å². The van der Waals surface area contributed by atoms with Gasteiger partial charge >= 0.3 is 5.97 Å². The molecule has 0 radical (unpaired) electrons. The van der Waals surface area contributed by atoms with Gasteiger partial charge in [-0.15, -0.1) is 0 Å². The molecule has 114 valence electrons. The van der Waals surface area contributed by atoms with Gasteiger partial charge in [-0.25, -0.2) is 0 Å². The molecule has 3 aliphatic carbocycles. The largest absolute Gasteiger partial charge is 0.481 e. The third-order valence-electron chi connectivity index (χ3n) is 5.54. The van der Waals surface area contributed by atoms with Crippen molar-refractivity contribution in [3.05, 3.63) is 41.4 Å². The summed E-state index contributed by atoms with van der Waals surface area (Å²) in [5.41, 5.74) is 0.695. The number of hydrogen-bond acceptors (Lipinski definition) is 2. The van der Waals surface area contributed by atoms with Gasteiger partial charge in [0, 0.05) is 10.7 Å². The zero-order valence-electron chi connectivity index (χ0n) is 11.8. The predicted octanol–water partition coefficient (Wildman–Crippen LogP) is 3.19. The van der Waals surface area contributed by atoms with Crippen LogP contribution in [0.15, 0.2) is 36.4 Å². The molecule has 0 heterocycles. The minimum atomic E-state index is -0.862. The van der Waals surface area contributed by atoms with Crippen LogP contribution in [0, 0.1) is 29.1 Å². The second kappa shape index (κ2) is 4.59. The molecule has 2 N–H and O–H groups in total. The molecule has 4 atom stereocenters. The number of carbonyl (C=O) groups excluding carboxylic acids is 1. The first kappa shape index (κ1) is 13.8. The van der Waals surface area contributed by atoms with Crippen LogP contribution in [0.1, 0.15) is 12.8 Å². The van der Waals surface area contributed by atoms with Gasteiger partial charge in [0.15, 0.2) is 0 Å². The molecule has 2 fully saturated rings. The molecule has 2 bridgehead atoms. The zero-order chi connectivity index (χ0) is 15.5. The predicted molar refractivity (Wildman–Crippen MR) is 82.5 cm³/mol. The van der Waals surface area contributed by atoms with Crippen molar-refractivity contribution in [3.63, 3.8) is 0 Å². The third kappa shape index (κ3) is 1.83. The van der Waals surface area contributed by atoms with Crippen molar-refractivity contribution in [3.8, 4) is 0 Å². The van der Waals surface area contributed by atoms with Gasteiger partial charge in [-0.3, -0.25) is 9.59 Å². The van der Waals surface area contributed by atoms with Crippen molar-refractivity contribution in [2.24, 2.45) is 29.1 Å². The van der Waals surface area contributed by atoms with E-state index in [1.807, 2.05) is 6.08 Å². The molecule has 0 aromatic heterocycles. The van der Waals surface area contributed by atoms with E-state index in [1.54, 1.807) is 24.3 Å². The van der Waals surface area contributed by atoms with Crippen molar-refractivity contribution >= 4 is 29.2 Å². The maximum absolute atomic E-state index is 12.7. The summed E-state index contributed by atoms with van der Waals surface area (Å²) < 4.78 is 0. The quantitative estimate of drug-likeness (QED) is 0.841. The van der Waals surface area contributed by atoms with Gasteiger partial charge in [-0.2, -0.15) is 0 Å². The van der Waals surface area contributed by atoms with E-state index in [0.29, 0.717) is 10.7 Å². The van der Waals surface area contributed by atoms with Crippen molar-refractivity contribution in [2.45, 2.75) is 12.8 Å². The summed E-state index contributed by atoms with van der Waals surface area (Å²) >= 11 is 5.84. The third-order valence-corrected chi connectivity index (χ3v) is 5.79. The summed E-state index contributed by atoms with van der Waals surface area (Å²) in [6.07, 6.45) is 6.14. The molecule has 0 unspecified atom stereocenters. The Bertz CT molecular complexity index is 678. The van der Waals surface area contributed by atoms with Crippen molar-refractivity contribution in [2.75, 3.05) is 5.32 Å². The van der Waals surface area contributed by atoms with Crippen LogP contribution in [0.3, 0.4) is 0 Å². The van der Waals surface area contributed by atoms with Crippen LogP contribution in [-0.4, -0.2) is 17.0 Å². The highest BCUT2D eigenvalue weighted by Crippen LogP contribution is 2.72. The summed E-state index contributed by atoms with van der Waals surface area (Å²) in [6, 6.07) is 6.86. The standard InChI is InChI=1S/C17H16ClNO3/c18-9-1-3-10(4-2-9)19-15(20)13-11-5-6-12(14(13)16(21)22)17(11)7-8-17/h1-6,11-14H,7-8H2,(H,19,20)(H,21,22)/t11-,12+,13+,14-/m0/s1. The Labute approximate surface area is 133 Å². The van der Waals surface area contributed by atoms with Crippen LogP contribution in [0.25, 0.3) is 0 Å². The van der Waals surface area contributed by atoms with Crippen molar-refractivity contribution in [1.29, 1.82) is 0 Å². The van der Waals surface area contributed by atoms with Crippen molar-refractivity contribution in [1.82, 2.24) is 0 Å². The monoisotopic (exact) mass is 317 g/mol. The number of hydrogen-bond donors (Lipinski definition) is 2. The second-order valence-electron chi connectivity index (χ2n) is 6.56. The van der Waals surface area contributed by atoms with E-state index < -0.39 is 17.8 Å². The first-order chi connectivity index (χ1) is 10.5. The molecule has 0 saturated heterocycles. The molecule has 4 rings (SSSR count). The van der Waals surface area contributed by atoms with E-state index in [0.717, 1.165) is 12.8 Å². The Morgan fingerprint density at radius 3 is 2.23 bits per heavy atom. The summed E-state index contributed by atoms with van der Waals surface area (Å²) in [4.78, 5) is 24.4. The fourth-order valence-electron chi connectivity index (χ4n) is 4.45. The number of allylic oxidation sites excluding steroid dienone is 2. The van der Waals surface area contributed by atoms with Crippen LogP contribution in [-0.2, 0) is 9.59 Å². The zero-order valence-corrected chi connectivity index (χ0v) is 12.6. The van der Waals surface area contributed by atoms with Gasteiger partial charge in [0.25, 0.3) is 0 Å². The lowest BCUT2D eigenvalue weighted by molar-refractivity contribution is -0.146. The number of rotatable bonds is 3. The van der Waals surface area contributed by atoms with E-state index >= 15 is 0 Å². The van der Waals surface area contributed by atoms with Crippen LogP contribution >= 0.6 is 11.6 Å². The SMILES string of the molecule is O=C(O)[C@@H]1[C@H](C(=O)Nc2ccc(Cl)cc2)[C@@H]2C=C[C@H]1C21CC1. The number of carbonyl (C=O) groups is 2. The molecular weight excluding hydrogens is 302 g/mol. The summed E-state index contributed by atoms with van der Waals surface area (Å²) in [7, 11) is 0. The van der Waals surface area contributed by atoms with Gasteiger partial charge in [0.1, 0.15) is 0 Å². The maximum Gasteiger partial charge on any atom is 0.307 e. The molecule has 1 amide bonds. The fourth-order valence-corrected chi connectivity index (χ4v) is 4.58. The number of carboxylic acids is 1. The van der Waals surface area contributed by atoms with Gasteiger partial charge < -0.3 is 10.4 Å². The minimum Gasteiger partial charge on any atom is -0.481 e. The summed E-state index contributed by atoms with van der Waals surface area (Å²) in [5.74, 6) is -2.07. The molecule has 2 saturated carbocycles. The number of nitrogens with one attached hydrogen (secondary N) is 1. The highest BCUT2D eigenvalue weighted by molar-refractivity contribution is 6.30. The second-order valence-corrected chi connectivity index (χ2v) is 6.99. The Hall–Kier alpha value is -1.81. The topological polar surface area (TPSA) is 66.4 Å². The van der Waals surface area contributed by atoms with Crippen LogP contribution in [0.5, 0.6) is 0 Å². The first-order valence-corrected chi connectivity index (χ1v) is 7.88. The smallest absolute Gasteiger partial charge is 0.307 e. The lowest BCUT2D eigenvalue weighted by Crippen LogP contribution is -2.36. The number of benzene rings is 1. The van der Waals surface area contributed by atoms with Crippen LogP contribution in [0.4, 0.5) is 5.69 Å². The van der Waals surface area contributed by atoms with Gasteiger partial charge in [-0.05, 0) is 54.4 Å². The van der Waals surface area contributed by atoms with Crippen LogP contribution in [0.2, 0.25) is 5.02 Å². The van der Waals surface area contributed by atoms with E-state index in [-0.39, 0.29) is 23.2 Å². The lowest BCUT2D eigenvalue weighted by atomic mass is 9.82. The highest BCUT2D eigenvalue weighted by atomic mass is 35.5. The lowest BCUT2D eigenvalue weighted by Gasteiger charge is -2.23. The number of amides is 1. The maximum atomic E-state index is 12.7. The molecule has 4 nitrogen and oxygen atoms in total. The number of carboxylic acid groups (broad SMARTS) is 1.